The van der Waals surface area contributed by atoms with E-state index in [0.717, 1.165) is 27.7 Å². The summed E-state index contributed by atoms with van der Waals surface area (Å²) in [5.41, 5.74) is 3.65. The number of methoxy groups -OCH3 is 1. The standard InChI is InChI=1S/C18H17NO3S/c1-12-10-16(19-15-7-5-4-6-14(12)15)13-8-9-18(23(3,20)21)17(11-13)22-2/h4-11H,1-3H3. The minimum atomic E-state index is -3.33. The lowest BCUT2D eigenvalue weighted by atomic mass is 10.0. The number of nitrogens with zero attached hydrogens (tertiary/aromatic N) is 1. The largest absolute Gasteiger partial charge is 0.495 e. The fourth-order valence-electron chi connectivity index (χ4n) is 2.63. The summed E-state index contributed by atoms with van der Waals surface area (Å²) in [5, 5.41) is 1.11. The molecule has 118 valence electrons. The van der Waals surface area contributed by atoms with Gasteiger partial charge >= 0.3 is 0 Å². The summed E-state index contributed by atoms with van der Waals surface area (Å²) in [4.78, 5) is 4.85. The Bertz CT molecular complexity index is 994. The molecule has 2 aromatic carbocycles. The van der Waals surface area contributed by atoms with E-state index in [1.54, 1.807) is 18.2 Å². The first-order valence-electron chi connectivity index (χ1n) is 7.15. The van der Waals surface area contributed by atoms with Crippen LogP contribution in [-0.2, 0) is 9.84 Å². The van der Waals surface area contributed by atoms with Crippen LogP contribution in [0.15, 0.2) is 53.4 Å². The van der Waals surface area contributed by atoms with Gasteiger partial charge in [0.15, 0.2) is 9.84 Å². The number of benzene rings is 2. The van der Waals surface area contributed by atoms with Crippen molar-refractivity contribution in [3.8, 4) is 17.0 Å². The molecule has 0 aliphatic heterocycles. The highest BCUT2D eigenvalue weighted by Crippen LogP contribution is 2.31. The molecule has 3 rings (SSSR count). The number of hydrogen-bond acceptors (Lipinski definition) is 4. The predicted molar refractivity (Wildman–Crippen MR) is 91.6 cm³/mol. The molecule has 0 fully saturated rings. The predicted octanol–water partition coefficient (Wildman–Crippen LogP) is 3.62. The van der Waals surface area contributed by atoms with Crippen molar-refractivity contribution in [2.24, 2.45) is 0 Å². The van der Waals surface area contributed by atoms with Crippen LogP contribution in [0.2, 0.25) is 0 Å². The van der Waals surface area contributed by atoms with E-state index in [2.05, 4.69) is 4.98 Å². The van der Waals surface area contributed by atoms with Crippen molar-refractivity contribution in [3.05, 3.63) is 54.1 Å². The van der Waals surface area contributed by atoms with Crippen molar-refractivity contribution in [1.82, 2.24) is 4.98 Å². The molecule has 0 spiro atoms. The Labute approximate surface area is 135 Å². The van der Waals surface area contributed by atoms with Crippen LogP contribution in [0.3, 0.4) is 0 Å². The Hall–Kier alpha value is -2.40. The Kier molecular flexibility index (Phi) is 3.82. The van der Waals surface area contributed by atoms with Crippen LogP contribution in [-0.4, -0.2) is 26.8 Å². The maximum absolute atomic E-state index is 11.8. The normalized spacial score (nSPS) is 11.6. The van der Waals surface area contributed by atoms with E-state index in [9.17, 15) is 8.42 Å². The van der Waals surface area contributed by atoms with E-state index in [0.29, 0.717) is 5.75 Å². The number of para-hydroxylation sites is 1. The molecule has 0 aliphatic rings. The second kappa shape index (κ2) is 5.66. The topological polar surface area (TPSA) is 56.3 Å². The van der Waals surface area contributed by atoms with Crippen LogP contribution in [0.5, 0.6) is 5.75 Å². The third kappa shape index (κ3) is 2.92. The van der Waals surface area contributed by atoms with Gasteiger partial charge in [0.2, 0.25) is 0 Å². The number of hydrogen-bond donors (Lipinski definition) is 0. The third-order valence-corrected chi connectivity index (χ3v) is 4.92. The molecule has 0 atom stereocenters. The fourth-order valence-corrected chi connectivity index (χ4v) is 3.45. The molecule has 0 aliphatic carbocycles. The van der Waals surface area contributed by atoms with Gasteiger partial charge in [-0.25, -0.2) is 13.4 Å². The van der Waals surface area contributed by atoms with Crippen LogP contribution in [0.25, 0.3) is 22.2 Å². The number of fused-ring (bicyclic) bond motifs is 1. The molecule has 0 amide bonds. The van der Waals surface area contributed by atoms with Crippen LogP contribution in [0.1, 0.15) is 5.56 Å². The maximum atomic E-state index is 11.8. The molecule has 23 heavy (non-hydrogen) atoms. The summed E-state index contributed by atoms with van der Waals surface area (Å²) < 4.78 is 28.8. The molecule has 1 heterocycles. The second-order valence-electron chi connectivity index (χ2n) is 5.48. The molecule has 0 saturated heterocycles. The highest BCUT2D eigenvalue weighted by atomic mass is 32.2. The van der Waals surface area contributed by atoms with Crippen molar-refractivity contribution in [2.75, 3.05) is 13.4 Å². The number of rotatable bonds is 3. The average Bonchev–Trinajstić information content (AvgIpc) is 2.53. The Morgan fingerprint density at radius 3 is 2.48 bits per heavy atom. The zero-order valence-corrected chi connectivity index (χ0v) is 14.0. The quantitative estimate of drug-likeness (QED) is 0.737. The summed E-state index contributed by atoms with van der Waals surface area (Å²) in [6, 6.07) is 15.0. The van der Waals surface area contributed by atoms with Crippen LogP contribution in [0, 0.1) is 6.92 Å². The fraction of sp³-hybridized carbons (Fsp3) is 0.167. The minimum absolute atomic E-state index is 0.182. The van der Waals surface area contributed by atoms with E-state index in [-0.39, 0.29) is 4.90 Å². The number of sulfone groups is 1. The van der Waals surface area contributed by atoms with Gasteiger partial charge in [0.05, 0.1) is 18.3 Å². The lowest BCUT2D eigenvalue weighted by Crippen LogP contribution is -2.01. The third-order valence-electron chi connectivity index (χ3n) is 3.78. The molecule has 1 aromatic heterocycles. The van der Waals surface area contributed by atoms with Gasteiger partial charge < -0.3 is 4.74 Å². The van der Waals surface area contributed by atoms with Gasteiger partial charge in [-0.15, -0.1) is 0 Å². The lowest BCUT2D eigenvalue weighted by Gasteiger charge is -2.11. The van der Waals surface area contributed by atoms with Gasteiger partial charge in [0.1, 0.15) is 10.6 Å². The zero-order valence-electron chi connectivity index (χ0n) is 13.2. The lowest BCUT2D eigenvalue weighted by molar-refractivity contribution is 0.403. The van der Waals surface area contributed by atoms with E-state index in [1.165, 1.54) is 13.4 Å². The number of aromatic nitrogens is 1. The van der Waals surface area contributed by atoms with Crippen molar-refractivity contribution < 1.29 is 13.2 Å². The minimum Gasteiger partial charge on any atom is -0.495 e. The first-order chi connectivity index (χ1) is 10.9. The van der Waals surface area contributed by atoms with Gasteiger partial charge in [-0.05, 0) is 36.8 Å². The van der Waals surface area contributed by atoms with Crippen LogP contribution < -0.4 is 4.74 Å². The smallest absolute Gasteiger partial charge is 0.179 e. The Morgan fingerprint density at radius 2 is 1.78 bits per heavy atom. The van der Waals surface area contributed by atoms with Crippen molar-refractivity contribution in [2.45, 2.75) is 11.8 Å². The summed E-state index contributed by atoms with van der Waals surface area (Å²) in [6.07, 6.45) is 1.17. The van der Waals surface area contributed by atoms with Gasteiger partial charge in [0.25, 0.3) is 0 Å². The van der Waals surface area contributed by atoms with E-state index in [4.69, 9.17) is 4.74 Å². The van der Waals surface area contributed by atoms with Gasteiger partial charge in [-0.2, -0.15) is 0 Å². The van der Waals surface area contributed by atoms with Crippen LogP contribution in [0.4, 0.5) is 0 Å². The highest BCUT2D eigenvalue weighted by molar-refractivity contribution is 7.90. The van der Waals surface area contributed by atoms with Gasteiger partial charge in [-0.3, -0.25) is 0 Å². The number of ether oxygens (including phenoxy) is 1. The van der Waals surface area contributed by atoms with Crippen molar-refractivity contribution >= 4 is 20.7 Å². The molecule has 5 heteroatoms. The summed E-state index contributed by atoms with van der Waals surface area (Å²) in [6.45, 7) is 2.04. The molecule has 0 saturated carbocycles. The molecular formula is C18H17NO3S. The average molecular weight is 327 g/mol. The van der Waals surface area contributed by atoms with Gasteiger partial charge in [0, 0.05) is 17.2 Å². The molecule has 0 radical (unpaired) electrons. The number of aryl methyl sites for hydroxylation is 1. The van der Waals surface area contributed by atoms with Crippen molar-refractivity contribution in [1.29, 1.82) is 0 Å². The molecule has 4 nitrogen and oxygen atoms in total. The highest BCUT2D eigenvalue weighted by Gasteiger charge is 2.15. The Morgan fingerprint density at radius 1 is 1.04 bits per heavy atom. The summed E-state index contributed by atoms with van der Waals surface area (Å²) >= 11 is 0. The SMILES string of the molecule is COc1cc(-c2cc(C)c3ccccc3n2)ccc1S(C)(=O)=O. The van der Waals surface area contributed by atoms with E-state index in [1.807, 2.05) is 37.3 Å². The molecule has 0 bridgehead atoms. The summed E-state index contributed by atoms with van der Waals surface area (Å²) in [7, 11) is -1.87. The molecule has 0 N–H and O–H groups in total. The molecular weight excluding hydrogens is 310 g/mol. The molecule has 3 aromatic rings. The van der Waals surface area contributed by atoms with Crippen LogP contribution >= 0.6 is 0 Å². The number of pyridine rings is 1. The monoisotopic (exact) mass is 327 g/mol. The second-order valence-corrected chi connectivity index (χ2v) is 7.46. The van der Waals surface area contributed by atoms with E-state index >= 15 is 0 Å². The molecule has 0 unspecified atom stereocenters. The maximum Gasteiger partial charge on any atom is 0.179 e. The van der Waals surface area contributed by atoms with E-state index < -0.39 is 9.84 Å². The van der Waals surface area contributed by atoms with Crippen molar-refractivity contribution in [3.63, 3.8) is 0 Å². The van der Waals surface area contributed by atoms with Gasteiger partial charge in [-0.1, -0.05) is 24.3 Å². The first-order valence-corrected chi connectivity index (χ1v) is 9.04. The first kappa shape index (κ1) is 15.5. The zero-order chi connectivity index (χ0) is 16.6. The summed E-state index contributed by atoms with van der Waals surface area (Å²) in [5.74, 6) is 0.331. The Balaban J connectivity index is 2.19.